The molecular weight excluding hydrogens is 264 g/mol. The van der Waals surface area contributed by atoms with Gasteiger partial charge in [0, 0.05) is 25.7 Å². The first-order valence-corrected chi connectivity index (χ1v) is 8.76. The molecule has 1 saturated heterocycles. The van der Waals surface area contributed by atoms with Crippen molar-refractivity contribution in [1.82, 2.24) is 10.2 Å². The molecule has 1 unspecified atom stereocenters. The number of rotatable bonds is 4. The number of hydrogen-bond acceptors (Lipinski definition) is 2. The van der Waals surface area contributed by atoms with Crippen LogP contribution < -0.4 is 5.32 Å². The number of aliphatic hydroxyl groups excluding tert-OH is 1. The first-order chi connectivity index (χ1) is 10.1. The number of aliphatic hydroxyl groups is 1. The molecule has 0 aromatic heterocycles. The summed E-state index contributed by atoms with van der Waals surface area (Å²) in [5.74, 6) is 0.652. The number of amides is 2. The fraction of sp³-hybridized carbons (Fsp3) is 0.941. The fourth-order valence-electron chi connectivity index (χ4n) is 3.85. The lowest BCUT2D eigenvalue weighted by Gasteiger charge is -2.41. The Hall–Kier alpha value is -0.770. The minimum atomic E-state index is 0.0474. The molecule has 0 spiro atoms. The van der Waals surface area contributed by atoms with Gasteiger partial charge in [0.2, 0.25) is 0 Å². The van der Waals surface area contributed by atoms with Gasteiger partial charge in [-0.25, -0.2) is 4.79 Å². The molecule has 0 aromatic rings. The summed E-state index contributed by atoms with van der Waals surface area (Å²) >= 11 is 0. The van der Waals surface area contributed by atoms with Crippen LogP contribution in [0.1, 0.15) is 65.2 Å². The first kappa shape index (κ1) is 16.6. The van der Waals surface area contributed by atoms with Crippen molar-refractivity contribution in [3.05, 3.63) is 0 Å². The van der Waals surface area contributed by atoms with Gasteiger partial charge in [-0.1, -0.05) is 26.2 Å². The topological polar surface area (TPSA) is 52.6 Å². The van der Waals surface area contributed by atoms with Gasteiger partial charge >= 0.3 is 6.03 Å². The summed E-state index contributed by atoms with van der Waals surface area (Å²) in [4.78, 5) is 14.3. The van der Waals surface area contributed by atoms with Crippen molar-refractivity contribution in [1.29, 1.82) is 0 Å². The number of piperidine rings is 1. The Morgan fingerprint density at radius 1 is 1.29 bits per heavy atom. The number of nitrogens with zero attached hydrogens (tertiary/aromatic N) is 1. The van der Waals surface area contributed by atoms with E-state index in [4.69, 9.17) is 0 Å². The molecule has 2 aliphatic rings. The van der Waals surface area contributed by atoms with E-state index >= 15 is 0 Å². The van der Waals surface area contributed by atoms with Crippen molar-refractivity contribution in [2.75, 3.05) is 19.7 Å². The van der Waals surface area contributed by atoms with Gasteiger partial charge in [0.15, 0.2) is 0 Å². The van der Waals surface area contributed by atoms with Crippen LogP contribution in [0.3, 0.4) is 0 Å². The van der Waals surface area contributed by atoms with Gasteiger partial charge in [-0.05, 0) is 50.4 Å². The standard InChI is InChI=1S/C17H32N2O2/c1-3-17(13-20)9-11-19(12-10-17)16(21)18-14(2)15-7-5-4-6-8-15/h14-15,20H,3-13H2,1-2H3,(H,18,21). The zero-order valence-corrected chi connectivity index (χ0v) is 13.7. The molecule has 4 nitrogen and oxygen atoms in total. The lowest BCUT2D eigenvalue weighted by Crippen LogP contribution is -2.51. The molecule has 0 aromatic carbocycles. The zero-order valence-electron chi connectivity index (χ0n) is 13.7. The summed E-state index contributed by atoms with van der Waals surface area (Å²) in [5.41, 5.74) is 0.0474. The first-order valence-electron chi connectivity index (χ1n) is 8.76. The summed E-state index contributed by atoms with van der Waals surface area (Å²) in [6.45, 7) is 6.09. The molecule has 2 fully saturated rings. The van der Waals surface area contributed by atoms with E-state index in [9.17, 15) is 9.90 Å². The molecular formula is C17H32N2O2. The highest BCUT2D eigenvalue weighted by Gasteiger charge is 2.34. The van der Waals surface area contributed by atoms with Gasteiger partial charge < -0.3 is 15.3 Å². The number of likely N-dealkylation sites (tertiary alicyclic amines) is 1. The molecule has 2 N–H and O–H groups in total. The number of urea groups is 1. The van der Waals surface area contributed by atoms with E-state index in [1.54, 1.807) is 0 Å². The van der Waals surface area contributed by atoms with E-state index in [0.717, 1.165) is 32.4 Å². The van der Waals surface area contributed by atoms with Crippen LogP contribution in [0.2, 0.25) is 0 Å². The molecule has 1 aliphatic heterocycles. The van der Waals surface area contributed by atoms with Crippen LogP contribution in [0.25, 0.3) is 0 Å². The van der Waals surface area contributed by atoms with Crippen molar-refractivity contribution in [3.63, 3.8) is 0 Å². The van der Waals surface area contributed by atoms with Crippen molar-refractivity contribution in [2.24, 2.45) is 11.3 Å². The Labute approximate surface area is 129 Å². The molecule has 1 heterocycles. The van der Waals surface area contributed by atoms with Crippen LogP contribution in [-0.2, 0) is 0 Å². The zero-order chi connectivity index (χ0) is 15.3. The average Bonchev–Trinajstić information content (AvgIpc) is 2.55. The molecule has 4 heteroatoms. The Morgan fingerprint density at radius 2 is 1.90 bits per heavy atom. The van der Waals surface area contributed by atoms with E-state index in [1.165, 1.54) is 32.1 Å². The number of carbonyl (C=O) groups excluding carboxylic acids is 1. The average molecular weight is 296 g/mol. The maximum Gasteiger partial charge on any atom is 0.317 e. The lowest BCUT2D eigenvalue weighted by molar-refractivity contribution is 0.0510. The Kier molecular flexibility index (Phi) is 5.91. The van der Waals surface area contributed by atoms with Crippen molar-refractivity contribution >= 4 is 6.03 Å². The summed E-state index contributed by atoms with van der Waals surface area (Å²) in [6.07, 6.45) is 9.32. The smallest absolute Gasteiger partial charge is 0.317 e. The highest BCUT2D eigenvalue weighted by molar-refractivity contribution is 5.74. The second kappa shape index (κ2) is 7.48. The van der Waals surface area contributed by atoms with E-state index in [2.05, 4.69) is 19.2 Å². The predicted octanol–water partition coefficient (Wildman–Crippen LogP) is 3.15. The Balaban J connectivity index is 1.79. The van der Waals surface area contributed by atoms with Crippen LogP contribution in [0.15, 0.2) is 0 Å². The minimum absolute atomic E-state index is 0.0474. The van der Waals surface area contributed by atoms with E-state index in [-0.39, 0.29) is 24.1 Å². The summed E-state index contributed by atoms with van der Waals surface area (Å²) in [5, 5.41) is 12.8. The van der Waals surface area contributed by atoms with Gasteiger partial charge in [-0.3, -0.25) is 0 Å². The minimum Gasteiger partial charge on any atom is -0.396 e. The molecule has 1 saturated carbocycles. The largest absolute Gasteiger partial charge is 0.396 e. The normalized spacial score (nSPS) is 24.6. The third-order valence-corrected chi connectivity index (χ3v) is 5.90. The molecule has 1 aliphatic carbocycles. The molecule has 0 radical (unpaired) electrons. The number of carbonyl (C=O) groups is 1. The van der Waals surface area contributed by atoms with Crippen LogP contribution in [0, 0.1) is 11.3 Å². The molecule has 122 valence electrons. The molecule has 1 atom stereocenters. The maximum atomic E-state index is 12.4. The second-order valence-electron chi connectivity index (χ2n) is 7.13. The van der Waals surface area contributed by atoms with Crippen molar-refractivity contribution in [3.8, 4) is 0 Å². The molecule has 0 bridgehead atoms. The summed E-state index contributed by atoms with van der Waals surface area (Å²) in [7, 11) is 0. The quantitative estimate of drug-likeness (QED) is 0.837. The van der Waals surface area contributed by atoms with Crippen molar-refractivity contribution in [2.45, 2.75) is 71.3 Å². The number of hydrogen-bond donors (Lipinski definition) is 2. The monoisotopic (exact) mass is 296 g/mol. The van der Waals surface area contributed by atoms with E-state index < -0.39 is 0 Å². The summed E-state index contributed by atoms with van der Waals surface area (Å²) < 4.78 is 0. The summed E-state index contributed by atoms with van der Waals surface area (Å²) in [6, 6.07) is 0.379. The predicted molar refractivity (Wildman–Crippen MR) is 85.2 cm³/mol. The Bertz CT molecular complexity index is 326. The highest BCUT2D eigenvalue weighted by Crippen LogP contribution is 2.34. The van der Waals surface area contributed by atoms with Gasteiger partial charge in [-0.15, -0.1) is 0 Å². The molecule has 2 amide bonds. The van der Waals surface area contributed by atoms with Gasteiger partial charge in [0.25, 0.3) is 0 Å². The van der Waals surface area contributed by atoms with Crippen LogP contribution >= 0.6 is 0 Å². The van der Waals surface area contributed by atoms with Crippen LogP contribution in [-0.4, -0.2) is 41.8 Å². The third kappa shape index (κ3) is 4.12. The van der Waals surface area contributed by atoms with Crippen LogP contribution in [0.4, 0.5) is 4.79 Å². The van der Waals surface area contributed by atoms with E-state index in [0.29, 0.717) is 5.92 Å². The van der Waals surface area contributed by atoms with E-state index in [1.807, 2.05) is 4.90 Å². The maximum absolute atomic E-state index is 12.4. The fourth-order valence-corrected chi connectivity index (χ4v) is 3.85. The van der Waals surface area contributed by atoms with Gasteiger partial charge in [-0.2, -0.15) is 0 Å². The van der Waals surface area contributed by atoms with Crippen LogP contribution in [0.5, 0.6) is 0 Å². The highest BCUT2D eigenvalue weighted by atomic mass is 16.3. The SMILES string of the molecule is CCC1(CO)CCN(C(=O)NC(C)C2CCCCC2)CC1. The third-order valence-electron chi connectivity index (χ3n) is 5.90. The number of nitrogens with one attached hydrogen (secondary N) is 1. The van der Waals surface area contributed by atoms with Crippen molar-refractivity contribution < 1.29 is 9.90 Å². The Morgan fingerprint density at radius 3 is 2.43 bits per heavy atom. The second-order valence-corrected chi connectivity index (χ2v) is 7.13. The van der Waals surface area contributed by atoms with Gasteiger partial charge in [0.1, 0.15) is 0 Å². The molecule has 21 heavy (non-hydrogen) atoms. The molecule has 2 rings (SSSR count). The van der Waals surface area contributed by atoms with Gasteiger partial charge in [0.05, 0.1) is 0 Å². The lowest BCUT2D eigenvalue weighted by atomic mass is 9.77.